The molecule has 0 aliphatic heterocycles. The Labute approximate surface area is 186 Å². The summed E-state index contributed by atoms with van der Waals surface area (Å²) in [5.41, 5.74) is -0.237. The normalized spacial score (nSPS) is 15.2. The molecule has 9 heteroatoms. The van der Waals surface area contributed by atoms with Gasteiger partial charge in [-0.1, -0.05) is 19.8 Å². The van der Waals surface area contributed by atoms with Crippen molar-refractivity contribution in [3.63, 3.8) is 0 Å². The molecule has 1 fully saturated rings. The maximum atomic E-state index is 12.3. The van der Waals surface area contributed by atoms with E-state index < -0.39 is 0 Å². The van der Waals surface area contributed by atoms with Crippen LogP contribution in [-0.2, 0) is 17.8 Å². The van der Waals surface area contributed by atoms with Crippen LogP contribution in [0.15, 0.2) is 11.3 Å². The lowest BCUT2D eigenvalue weighted by atomic mass is 10.1. The Hall–Kier alpha value is -1.39. The summed E-state index contributed by atoms with van der Waals surface area (Å²) >= 11 is 0. The average Bonchev–Trinajstić information content (AvgIpc) is 3.23. The van der Waals surface area contributed by atoms with Crippen molar-refractivity contribution in [2.24, 2.45) is 4.99 Å². The fourth-order valence-electron chi connectivity index (χ4n) is 3.28. The number of hydrogen-bond acceptors (Lipinski definition) is 4. The van der Waals surface area contributed by atoms with Crippen molar-refractivity contribution in [1.29, 1.82) is 0 Å². The van der Waals surface area contributed by atoms with E-state index in [1.807, 2.05) is 37.3 Å². The van der Waals surface area contributed by atoms with Gasteiger partial charge in [0.25, 0.3) is 0 Å². The second-order valence-corrected chi connectivity index (χ2v) is 8.28. The molecule has 1 aliphatic carbocycles. The van der Waals surface area contributed by atoms with Crippen molar-refractivity contribution in [2.45, 2.75) is 77.9 Å². The largest absolute Gasteiger partial charge is 0.354 e. The van der Waals surface area contributed by atoms with E-state index >= 15 is 0 Å². The number of halogens is 1. The van der Waals surface area contributed by atoms with Crippen molar-refractivity contribution in [3.05, 3.63) is 12.2 Å². The number of carbonyl (C=O) groups excluding carboxylic acids is 1. The van der Waals surface area contributed by atoms with E-state index in [-0.39, 0.29) is 42.0 Å². The SMILES string of the molecule is CCc1nncn1CCN=C(NC1CCCC1)N(C)CC(=O)NC(C)(C)C.I. The molecule has 0 saturated heterocycles. The third-order valence-corrected chi connectivity index (χ3v) is 4.56. The Bertz CT molecular complexity index is 632. The van der Waals surface area contributed by atoms with Crippen molar-refractivity contribution in [2.75, 3.05) is 20.1 Å². The van der Waals surface area contributed by atoms with Gasteiger partial charge < -0.3 is 20.1 Å². The molecule has 2 rings (SSSR count). The molecule has 0 atom stereocenters. The van der Waals surface area contributed by atoms with E-state index in [4.69, 9.17) is 4.99 Å². The van der Waals surface area contributed by atoms with Gasteiger partial charge in [0.1, 0.15) is 12.2 Å². The van der Waals surface area contributed by atoms with Gasteiger partial charge in [-0.3, -0.25) is 9.79 Å². The number of guanidine groups is 1. The van der Waals surface area contributed by atoms with Crippen LogP contribution < -0.4 is 10.6 Å². The molecule has 0 unspecified atom stereocenters. The van der Waals surface area contributed by atoms with Crippen LogP contribution in [0.5, 0.6) is 0 Å². The molecule has 0 radical (unpaired) electrons. The molecular weight excluding hydrogens is 469 g/mol. The summed E-state index contributed by atoms with van der Waals surface area (Å²) in [6.07, 6.45) is 7.42. The van der Waals surface area contributed by atoms with Crippen LogP contribution >= 0.6 is 24.0 Å². The second kappa shape index (κ2) is 11.6. The van der Waals surface area contributed by atoms with E-state index in [1.165, 1.54) is 12.8 Å². The highest BCUT2D eigenvalue weighted by atomic mass is 127. The summed E-state index contributed by atoms with van der Waals surface area (Å²) in [6, 6.07) is 0.443. The number of nitrogens with zero attached hydrogens (tertiary/aromatic N) is 5. The number of aryl methyl sites for hydroxylation is 1. The molecule has 0 spiro atoms. The molecule has 0 aromatic carbocycles. The number of amides is 1. The molecule has 1 aliphatic rings. The minimum atomic E-state index is -0.237. The monoisotopic (exact) mass is 505 g/mol. The average molecular weight is 505 g/mol. The number of rotatable bonds is 7. The maximum Gasteiger partial charge on any atom is 0.240 e. The fourth-order valence-corrected chi connectivity index (χ4v) is 3.28. The second-order valence-electron chi connectivity index (χ2n) is 8.28. The van der Waals surface area contributed by atoms with E-state index in [0.717, 1.165) is 37.6 Å². The lowest BCUT2D eigenvalue weighted by molar-refractivity contribution is -0.122. The number of nitrogens with one attached hydrogen (secondary N) is 2. The van der Waals surface area contributed by atoms with Gasteiger partial charge in [-0.25, -0.2) is 0 Å². The summed E-state index contributed by atoms with van der Waals surface area (Å²) in [5.74, 6) is 1.75. The van der Waals surface area contributed by atoms with Gasteiger partial charge in [-0.2, -0.15) is 0 Å². The highest BCUT2D eigenvalue weighted by Gasteiger charge is 2.20. The Morgan fingerprint density at radius 2 is 2.04 bits per heavy atom. The van der Waals surface area contributed by atoms with Gasteiger partial charge in [0.2, 0.25) is 5.91 Å². The van der Waals surface area contributed by atoms with Gasteiger partial charge >= 0.3 is 0 Å². The minimum Gasteiger partial charge on any atom is -0.354 e. The van der Waals surface area contributed by atoms with Gasteiger partial charge in [0.05, 0.1) is 13.1 Å². The molecule has 160 valence electrons. The highest BCUT2D eigenvalue weighted by Crippen LogP contribution is 2.17. The third kappa shape index (κ3) is 8.32. The number of aromatic nitrogens is 3. The number of hydrogen-bond donors (Lipinski definition) is 2. The van der Waals surface area contributed by atoms with Crippen molar-refractivity contribution < 1.29 is 4.79 Å². The van der Waals surface area contributed by atoms with Gasteiger partial charge in [0.15, 0.2) is 5.96 Å². The fraction of sp³-hybridized carbons (Fsp3) is 0.789. The van der Waals surface area contributed by atoms with E-state index in [2.05, 4.69) is 27.8 Å². The van der Waals surface area contributed by atoms with Crippen molar-refractivity contribution in [1.82, 2.24) is 30.3 Å². The lowest BCUT2D eigenvalue weighted by Gasteiger charge is -2.27. The van der Waals surface area contributed by atoms with E-state index in [0.29, 0.717) is 12.6 Å². The zero-order valence-electron chi connectivity index (χ0n) is 17.9. The smallest absolute Gasteiger partial charge is 0.240 e. The third-order valence-electron chi connectivity index (χ3n) is 4.56. The molecule has 28 heavy (non-hydrogen) atoms. The van der Waals surface area contributed by atoms with Gasteiger partial charge in [-0.05, 0) is 33.6 Å². The molecular formula is C19H36IN7O. The molecule has 1 saturated carbocycles. The molecule has 8 nitrogen and oxygen atoms in total. The number of likely N-dealkylation sites (N-methyl/N-ethyl adjacent to an activating group) is 1. The predicted molar refractivity (Wildman–Crippen MR) is 123 cm³/mol. The molecule has 1 amide bonds. The van der Waals surface area contributed by atoms with Crippen LogP contribution in [0.3, 0.4) is 0 Å². The van der Waals surface area contributed by atoms with Crippen LogP contribution in [0.2, 0.25) is 0 Å². The summed E-state index contributed by atoms with van der Waals surface area (Å²) in [7, 11) is 1.92. The number of aliphatic imine (C=N–C) groups is 1. The Morgan fingerprint density at radius 1 is 1.36 bits per heavy atom. The van der Waals surface area contributed by atoms with Crippen LogP contribution in [0.4, 0.5) is 0 Å². The molecule has 1 aromatic heterocycles. The lowest BCUT2D eigenvalue weighted by Crippen LogP contribution is -2.50. The summed E-state index contributed by atoms with van der Waals surface area (Å²) in [5, 5.41) is 14.6. The predicted octanol–water partition coefficient (Wildman–Crippen LogP) is 2.19. The molecule has 1 aromatic rings. The van der Waals surface area contributed by atoms with Crippen LogP contribution in [-0.4, -0.2) is 63.2 Å². The molecule has 2 N–H and O–H groups in total. The van der Waals surface area contributed by atoms with E-state index in [9.17, 15) is 4.79 Å². The van der Waals surface area contributed by atoms with Gasteiger partial charge in [-0.15, -0.1) is 34.2 Å². The summed E-state index contributed by atoms with van der Waals surface area (Å²) in [4.78, 5) is 19.0. The maximum absolute atomic E-state index is 12.3. The standard InChI is InChI=1S/C19H35N7O.HI/c1-6-16-24-21-14-26(16)12-11-20-18(22-15-9-7-8-10-15)25(5)13-17(27)23-19(2,3)4;/h14-15H,6-13H2,1-5H3,(H,20,22)(H,23,27);1H. The molecule has 0 bridgehead atoms. The topological polar surface area (TPSA) is 87.4 Å². The van der Waals surface area contributed by atoms with Crippen LogP contribution in [0.1, 0.15) is 59.2 Å². The minimum absolute atomic E-state index is 0. The highest BCUT2D eigenvalue weighted by molar-refractivity contribution is 14.0. The first kappa shape index (κ1) is 24.6. The van der Waals surface area contributed by atoms with Crippen LogP contribution in [0.25, 0.3) is 0 Å². The van der Waals surface area contributed by atoms with Crippen molar-refractivity contribution >= 4 is 35.8 Å². The van der Waals surface area contributed by atoms with Gasteiger partial charge in [0, 0.05) is 31.6 Å². The Morgan fingerprint density at radius 3 is 2.64 bits per heavy atom. The quantitative estimate of drug-likeness (QED) is 0.337. The van der Waals surface area contributed by atoms with E-state index in [1.54, 1.807) is 6.33 Å². The van der Waals surface area contributed by atoms with Crippen LogP contribution in [0, 0.1) is 0 Å². The Balaban J connectivity index is 0.00000392. The zero-order chi connectivity index (χ0) is 19.9. The zero-order valence-corrected chi connectivity index (χ0v) is 20.2. The van der Waals surface area contributed by atoms with Crippen molar-refractivity contribution in [3.8, 4) is 0 Å². The first-order valence-electron chi connectivity index (χ1n) is 9.98. The summed E-state index contributed by atoms with van der Waals surface area (Å²) in [6.45, 7) is 9.66. The Kier molecular flexibility index (Phi) is 10.2. The summed E-state index contributed by atoms with van der Waals surface area (Å²) < 4.78 is 2.03. The number of carbonyl (C=O) groups is 1. The molecule has 1 heterocycles. The first-order valence-corrected chi connectivity index (χ1v) is 9.98. The first-order chi connectivity index (χ1) is 12.8.